The lowest BCUT2D eigenvalue weighted by atomic mass is 10.0. The van der Waals surface area contributed by atoms with Crippen LogP contribution in [0, 0.1) is 5.41 Å². The molecule has 0 bridgehead atoms. The first-order valence-electron chi connectivity index (χ1n) is 7.89. The molecule has 24 heavy (non-hydrogen) atoms. The second-order valence-corrected chi connectivity index (χ2v) is 6.11. The molecule has 3 rings (SSSR count). The molecule has 2 heterocycles. The van der Waals surface area contributed by atoms with Crippen molar-refractivity contribution in [1.82, 2.24) is 10.1 Å². The number of anilines is 1. The average Bonchev–Trinajstić information content (AvgIpc) is 3.25. The molecular formula is C17H21N5O2. The summed E-state index contributed by atoms with van der Waals surface area (Å²) in [4.78, 5) is 15.2. The van der Waals surface area contributed by atoms with Crippen molar-refractivity contribution in [2.45, 2.75) is 12.8 Å². The van der Waals surface area contributed by atoms with Gasteiger partial charge in [0.2, 0.25) is 5.76 Å². The van der Waals surface area contributed by atoms with Gasteiger partial charge in [-0.2, -0.15) is 0 Å². The maximum absolute atomic E-state index is 11.2. The normalized spacial score (nSPS) is 14.0. The van der Waals surface area contributed by atoms with Crippen molar-refractivity contribution < 1.29 is 9.32 Å². The molecule has 0 atom stereocenters. The first kappa shape index (κ1) is 16.0. The summed E-state index contributed by atoms with van der Waals surface area (Å²) >= 11 is 0. The summed E-state index contributed by atoms with van der Waals surface area (Å²) < 4.78 is 4.98. The van der Waals surface area contributed by atoms with Gasteiger partial charge in [0.1, 0.15) is 11.5 Å². The molecule has 0 saturated carbocycles. The van der Waals surface area contributed by atoms with Crippen LogP contribution in [0.3, 0.4) is 0 Å². The maximum Gasteiger partial charge on any atom is 0.287 e. The highest BCUT2D eigenvalue weighted by atomic mass is 16.5. The van der Waals surface area contributed by atoms with E-state index in [1.807, 2.05) is 37.2 Å². The third-order valence-electron chi connectivity index (χ3n) is 4.20. The largest absolute Gasteiger partial charge is 0.377 e. The van der Waals surface area contributed by atoms with Gasteiger partial charge in [-0.1, -0.05) is 11.2 Å². The number of amidine groups is 1. The van der Waals surface area contributed by atoms with E-state index in [1.165, 1.54) is 6.07 Å². The molecular weight excluding hydrogens is 306 g/mol. The van der Waals surface area contributed by atoms with E-state index in [4.69, 9.17) is 15.7 Å². The summed E-state index contributed by atoms with van der Waals surface area (Å²) in [6.07, 6.45) is 2.27. The quantitative estimate of drug-likeness (QED) is 0.660. The Hall–Kier alpha value is -2.83. The van der Waals surface area contributed by atoms with Crippen molar-refractivity contribution in [3.8, 4) is 11.3 Å². The van der Waals surface area contributed by atoms with E-state index < -0.39 is 5.91 Å². The van der Waals surface area contributed by atoms with Gasteiger partial charge < -0.3 is 20.1 Å². The predicted molar refractivity (Wildman–Crippen MR) is 92.4 cm³/mol. The zero-order valence-electron chi connectivity index (χ0n) is 13.9. The number of amides is 1. The molecule has 126 valence electrons. The van der Waals surface area contributed by atoms with E-state index in [2.05, 4.69) is 10.1 Å². The lowest BCUT2D eigenvalue weighted by Crippen LogP contribution is -2.27. The van der Waals surface area contributed by atoms with Gasteiger partial charge in [-0.15, -0.1) is 0 Å². The molecule has 0 unspecified atom stereocenters. The van der Waals surface area contributed by atoms with Crippen LogP contribution in [-0.4, -0.2) is 49.0 Å². The fourth-order valence-electron chi connectivity index (χ4n) is 2.91. The Labute approximate surface area is 140 Å². The molecule has 2 aromatic rings. The van der Waals surface area contributed by atoms with Gasteiger partial charge in [0.25, 0.3) is 5.91 Å². The summed E-state index contributed by atoms with van der Waals surface area (Å²) in [7, 11) is 3.86. The van der Waals surface area contributed by atoms with Crippen molar-refractivity contribution in [2.75, 3.05) is 32.1 Å². The minimum absolute atomic E-state index is 0.0311. The molecule has 1 saturated heterocycles. The Morgan fingerprint density at radius 1 is 1.29 bits per heavy atom. The zero-order chi connectivity index (χ0) is 17.3. The van der Waals surface area contributed by atoms with Gasteiger partial charge in [-0.05, 0) is 25.0 Å². The van der Waals surface area contributed by atoms with Gasteiger partial charge in [-0.25, -0.2) is 0 Å². The van der Waals surface area contributed by atoms with Crippen molar-refractivity contribution in [3.05, 3.63) is 35.6 Å². The van der Waals surface area contributed by atoms with Crippen molar-refractivity contribution in [2.24, 2.45) is 5.73 Å². The molecule has 1 aromatic carbocycles. The molecule has 3 N–H and O–H groups in total. The van der Waals surface area contributed by atoms with Crippen LogP contribution >= 0.6 is 0 Å². The molecule has 0 aliphatic carbocycles. The van der Waals surface area contributed by atoms with Crippen LogP contribution in [0.15, 0.2) is 28.8 Å². The van der Waals surface area contributed by atoms with Crippen LogP contribution < -0.4 is 10.6 Å². The fourth-order valence-corrected chi connectivity index (χ4v) is 2.91. The number of carbonyl (C=O) groups is 1. The lowest BCUT2D eigenvalue weighted by Gasteiger charge is -2.22. The van der Waals surface area contributed by atoms with E-state index in [1.54, 1.807) is 0 Å². The third kappa shape index (κ3) is 2.97. The SMILES string of the molecule is CN(C)c1cc(C(=N)N2CCCC2)ccc1-c1cc(C(N)=O)on1. The first-order chi connectivity index (χ1) is 11.5. The highest BCUT2D eigenvalue weighted by molar-refractivity contribution is 5.99. The smallest absolute Gasteiger partial charge is 0.287 e. The van der Waals surface area contributed by atoms with Crippen LogP contribution in [0.1, 0.15) is 29.0 Å². The zero-order valence-corrected chi connectivity index (χ0v) is 13.9. The standard InChI is InChI=1S/C17H21N5O2/c1-21(2)14-9-11(16(18)22-7-3-4-8-22)5-6-12(14)13-10-15(17(19)23)24-20-13/h5-6,9-10,18H,3-4,7-8H2,1-2H3,(H2,19,23). The van der Waals surface area contributed by atoms with Crippen LogP contribution in [0.2, 0.25) is 0 Å². The van der Waals surface area contributed by atoms with E-state index in [0.717, 1.165) is 42.7 Å². The third-order valence-corrected chi connectivity index (χ3v) is 4.20. The van der Waals surface area contributed by atoms with Crippen LogP contribution in [-0.2, 0) is 0 Å². The van der Waals surface area contributed by atoms with Crippen LogP contribution in [0.25, 0.3) is 11.3 Å². The Balaban J connectivity index is 1.98. The summed E-state index contributed by atoms with van der Waals surface area (Å²) in [6.45, 7) is 1.87. The fraction of sp³-hybridized carbons (Fsp3) is 0.353. The number of hydrogen-bond acceptors (Lipinski definition) is 5. The number of nitrogens with one attached hydrogen (secondary N) is 1. The van der Waals surface area contributed by atoms with Crippen LogP contribution in [0.5, 0.6) is 0 Å². The maximum atomic E-state index is 11.2. The highest BCUT2D eigenvalue weighted by Crippen LogP contribution is 2.31. The number of aromatic nitrogens is 1. The number of hydrogen-bond donors (Lipinski definition) is 2. The van der Waals surface area contributed by atoms with E-state index in [-0.39, 0.29) is 5.76 Å². The monoisotopic (exact) mass is 327 g/mol. The molecule has 1 aliphatic heterocycles. The molecule has 1 aliphatic rings. The number of rotatable bonds is 4. The Kier molecular flexibility index (Phi) is 4.24. The van der Waals surface area contributed by atoms with Gasteiger partial charge in [-0.3, -0.25) is 10.2 Å². The number of nitrogens with zero attached hydrogens (tertiary/aromatic N) is 3. The number of primary amides is 1. The second kappa shape index (κ2) is 6.35. The summed E-state index contributed by atoms with van der Waals surface area (Å²) in [5.41, 5.74) is 8.36. The highest BCUT2D eigenvalue weighted by Gasteiger charge is 2.19. The van der Waals surface area contributed by atoms with E-state index in [0.29, 0.717) is 11.5 Å². The summed E-state index contributed by atoms with van der Waals surface area (Å²) in [5, 5.41) is 12.3. The van der Waals surface area contributed by atoms with Gasteiger partial charge in [0.05, 0.1) is 0 Å². The topological polar surface area (TPSA) is 99.5 Å². The van der Waals surface area contributed by atoms with Crippen molar-refractivity contribution >= 4 is 17.4 Å². The van der Waals surface area contributed by atoms with E-state index >= 15 is 0 Å². The number of nitrogens with two attached hydrogens (primary N) is 1. The molecule has 7 heteroatoms. The predicted octanol–water partition coefficient (Wildman–Crippen LogP) is 1.93. The Morgan fingerprint density at radius 2 is 2.00 bits per heavy atom. The minimum Gasteiger partial charge on any atom is -0.377 e. The summed E-state index contributed by atoms with van der Waals surface area (Å²) in [6, 6.07) is 7.31. The second-order valence-electron chi connectivity index (χ2n) is 6.11. The average molecular weight is 327 g/mol. The number of likely N-dealkylation sites (tertiary alicyclic amines) is 1. The number of carbonyl (C=O) groups excluding carboxylic acids is 1. The van der Waals surface area contributed by atoms with E-state index in [9.17, 15) is 4.79 Å². The molecule has 7 nitrogen and oxygen atoms in total. The molecule has 1 aromatic heterocycles. The molecule has 0 spiro atoms. The molecule has 1 amide bonds. The Bertz CT molecular complexity index is 775. The van der Waals surface area contributed by atoms with Crippen molar-refractivity contribution in [1.29, 1.82) is 5.41 Å². The van der Waals surface area contributed by atoms with Gasteiger partial charge in [0.15, 0.2) is 0 Å². The first-order valence-corrected chi connectivity index (χ1v) is 7.89. The van der Waals surface area contributed by atoms with Crippen LogP contribution in [0.4, 0.5) is 5.69 Å². The molecule has 1 fully saturated rings. The lowest BCUT2D eigenvalue weighted by molar-refractivity contribution is 0.0965. The van der Waals surface area contributed by atoms with Gasteiger partial charge in [0, 0.05) is 50.1 Å². The minimum atomic E-state index is -0.646. The Morgan fingerprint density at radius 3 is 2.58 bits per heavy atom. The summed E-state index contributed by atoms with van der Waals surface area (Å²) in [5.74, 6) is -0.0729. The molecule has 0 radical (unpaired) electrons. The van der Waals surface area contributed by atoms with Gasteiger partial charge >= 0.3 is 0 Å². The number of benzene rings is 1. The van der Waals surface area contributed by atoms with Crippen molar-refractivity contribution in [3.63, 3.8) is 0 Å².